The van der Waals surface area contributed by atoms with E-state index < -0.39 is 23.8 Å². The van der Waals surface area contributed by atoms with Gasteiger partial charge in [0.25, 0.3) is 11.8 Å². The minimum absolute atomic E-state index is 0.00793. The number of rotatable bonds is 5. The summed E-state index contributed by atoms with van der Waals surface area (Å²) in [6, 6.07) is 6.02. The van der Waals surface area contributed by atoms with Gasteiger partial charge in [-0.15, -0.1) is 10.2 Å². The molecule has 1 saturated heterocycles. The molecule has 0 spiro atoms. The maximum atomic E-state index is 12.2. The van der Waals surface area contributed by atoms with Crippen LogP contribution in [0.2, 0.25) is 0 Å². The Labute approximate surface area is 147 Å². The first-order chi connectivity index (χ1) is 12.5. The Bertz CT molecular complexity index is 874. The lowest BCUT2D eigenvalue weighted by Gasteiger charge is -2.12. The maximum Gasteiger partial charge on any atom is 0.363 e. The molecule has 2 amide bonds. The second kappa shape index (κ2) is 7.13. The third-order valence-electron chi connectivity index (χ3n) is 3.57. The molecule has 2 aromatic rings. The zero-order valence-corrected chi connectivity index (χ0v) is 13.7. The molecule has 10 nitrogen and oxygen atoms in total. The van der Waals surface area contributed by atoms with Crippen molar-refractivity contribution in [3.05, 3.63) is 35.5 Å². The summed E-state index contributed by atoms with van der Waals surface area (Å²) in [5.74, 6) is -2.67. The fourth-order valence-corrected chi connectivity index (χ4v) is 2.36. The number of nitrogens with zero attached hydrogens (tertiary/aromatic N) is 3. The van der Waals surface area contributed by atoms with Gasteiger partial charge in [0.1, 0.15) is 5.69 Å². The highest BCUT2D eigenvalue weighted by Gasteiger charge is 2.33. The van der Waals surface area contributed by atoms with Crippen LogP contribution in [0.3, 0.4) is 0 Å². The molecule has 3 rings (SSSR count). The fourth-order valence-electron chi connectivity index (χ4n) is 2.36. The van der Waals surface area contributed by atoms with E-state index >= 15 is 0 Å². The highest BCUT2D eigenvalue weighted by molar-refractivity contribution is 6.03. The van der Waals surface area contributed by atoms with Crippen molar-refractivity contribution >= 4 is 23.8 Å². The number of ether oxygens (including phenoxy) is 1. The smallest absolute Gasteiger partial charge is 0.363 e. The van der Waals surface area contributed by atoms with Gasteiger partial charge in [-0.05, 0) is 19.1 Å². The Hall–Kier alpha value is -3.56. The van der Waals surface area contributed by atoms with E-state index in [1.807, 2.05) is 0 Å². The summed E-state index contributed by atoms with van der Waals surface area (Å²) >= 11 is 0. The number of carbonyl (C=O) groups excluding carboxylic acids is 4. The van der Waals surface area contributed by atoms with Crippen molar-refractivity contribution in [3.8, 4) is 11.3 Å². The van der Waals surface area contributed by atoms with Crippen LogP contribution in [0.25, 0.3) is 11.3 Å². The van der Waals surface area contributed by atoms with Crippen LogP contribution in [0.5, 0.6) is 0 Å². The Morgan fingerprint density at radius 3 is 2.58 bits per heavy atom. The quantitative estimate of drug-likeness (QED) is 0.615. The summed E-state index contributed by atoms with van der Waals surface area (Å²) < 4.78 is 4.90. The molecule has 0 bridgehead atoms. The molecular weight excluding hydrogens is 344 g/mol. The van der Waals surface area contributed by atoms with Gasteiger partial charge in [-0.25, -0.2) is 9.59 Å². The molecule has 26 heavy (non-hydrogen) atoms. The standard InChI is InChI=1S/C16H14N4O6/c1-2-25-16(24)14-13(17-19-18-14)9-4-3-5-10(8-9)15(23)26-20-11(21)6-7-12(20)22/h3-5,8H,2,6-7H2,1H3,(H,17,18,19). The summed E-state index contributed by atoms with van der Waals surface area (Å²) in [4.78, 5) is 52.1. The average molecular weight is 358 g/mol. The Morgan fingerprint density at radius 1 is 1.15 bits per heavy atom. The molecule has 1 fully saturated rings. The monoisotopic (exact) mass is 358 g/mol. The largest absolute Gasteiger partial charge is 0.461 e. The molecule has 0 unspecified atom stereocenters. The molecular formula is C16H14N4O6. The first-order valence-electron chi connectivity index (χ1n) is 7.77. The number of hydrogen-bond acceptors (Lipinski definition) is 8. The lowest BCUT2D eigenvalue weighted by Crippen LogP contribution is -2.32. The number of amides is 2. The second-order valence-corrected chi connectivity index (χ2v) is 5.28. The van der Waals surface area contributed by atoms with Crippen LogP contribution in [0.1, 0.15) is 40.6 Å². The van der Waals surface area contributed by atoms with Gasteiger partial charge >= 0.3 is 11.9 Å². The number of benzene rings is 1. The Balaban J connectivity index is 1.84. The van der Waals surface area contributed by atoms with E-state index in [9.17, 15) is 19.2 Å². The van der Waals surface area contributed by atoms with Gasteiger partial charge in [-0.2, -0.15) is 10.3 Å². The first-order valence-corrected chi connectivity index (χ1v) is 7.77. The number of H-pyrrole nitrogens is 1. The number of nitrogens with one attached hydrogen (secondary N) is 1. The lowest BCUT2D eigenvalue weighted by atomic mass is 10.1. The molecule has 1 aromatic carbocycles. The zero-order chi connectivity index (χ0) is 18.7. The van der Waals surface area contributed by atoms with E-state index in [0.29, 0.717) is 10.6 Å². The van der Waals surface area contributed by atoms with Crippen LogP contribution >= 0.6 is 0 Å². The number of hydroxylamine groups is 2. The molecule has 0 aliphatic carbocycles. The van der Waals surface area contributed by atoms with Crippen molar-refractivity contribution in [3.63, 3.8) is 0 Å². The Morgan fingerprint density at radius 2 is 1.88 bits per heavy atom. The number of hydrogen-bond donors (Lipinski definition) is 1. The maximum absolute atomic E-state index is 12.2. The van der Waals surface area contributed by atoms with E-state index in [0.717, 1.165) is 0 Å². The van der Waals surface area contributed by atoms with Crippen molar-refractivity contribution in [2.24, 2.45) is 0 Å². The third-order valence-corrected chi connectivity index (χ3v) is 3.57. The van der Waals surface area contributed by atoms with Crippen LogP contribution in [0, 0.1) is 0 Å². The van der Waals surface area contributed by atoms with Crippen LogP contribution in [0.15, 0.2) is 24.3 Å². The minimum Gasteiger partial charge on any atom is -0.461 e. The van der Waals surface area contributed by atoms with Crippen LogP contribution in [-0.2, 0) is 19.2 Å². The van der Waals surface area contributed by atoms with Crippen molar-refractivity contribution in [1.29, 1.82) is 0 Å². The normalized spacial score (nSPS) is 13.8. The van der Waals surface area contributed by atoms with Crippen LogP contribution < -0.4 is 0 Å². The molecule has 2 heterocycles. The summed E-state index contributed by atoms with van der Waals surface area (Å²) in [6.07, 6.45) is 0.0159. The Kier molecular flexibility index (Phi) is 4.74. The predicted molar refractivity (Wildman–Crippen MR) is 84.3 cm³/mol. The van der Waals surface area contributed by atoms with Gasteiger partial charge in [0, 0.05) is 18.4 Å². The van der Waals surface area contributed by atoms with Crippen LogP contribution in [-0.4, -0.2) is 50.8 Å². The summed E-state index contributed by atoms with van der Waals surface area (Å²) in [6.45, 7) is 1.84. The molecule has 0 saturated carbocycles. The number of aromatic nitrogens is 3. The predicted octanol–water partition coefficient (Wildman–Crippen LogP) is 0.869. The van der Waals surface area contributed by atoms with Crippen molar-refractivity contribution in [1.82, 2.24) is 20.5 Å². The van der Waals surface area contributed by atoms with Crippen molar-refractivity contribution in [2.75, 3.05) is 6.61 Å². The molecule has 1 N–H and O–H groups in total. The molecule has 0 atom stereocenters. The van der Waals surface area contributed by atoms with E-state index in [4.69, 9.17) is 9.57 Å². The summed E-state index contributed by atoms with van der Waals surface area (Å²) in [5, 5.41) is 10.5. The van der Waals surface area contributed by atoms with E-state index in [1.54, 1.807) is 19.1 Å². The number of aromatic amines is 1. The molecule has 1 aliphatic rings. The fraction of sp³-hybridized carbons (Fsp3) is 0.250. The van der Waals surface area contributed by atoms with Gasteiger partial charge in [0.2, 0.25) is 0 Å². The minimum atomic E-state index is -0.878. The van der Waals surface area contributed by atoms with E-state index in [-0.39, 0.29) is 36.4 Å². The summed E-state index contributed by atoms with van der Waals surface area (Å²) in [5.41, 5.74) is 0.664. The number of esters is 1. The highest BCUT2D eigenvalue weighted by Crippen LogP contribution is 2.22. The average Bonchev–Trinajstić information content (AvgIpc) is 3.24. The third kappa shape index (κ3) is 3.29. The number of imide groups is 1. The molecule has 1 aromatic heterocycles. The van der Waals surface area contributed by atoms with Gasteiger partial charge in [-0.1, -0.05) is 12.1 Å². The SMILES string of the molecule is CCOC(=O)c1n[nH]nc1-c1cccc(C(=O)ON2C(=O)CCC2=O)c1. The zero-order valence-electron chi connectivity index (χ0n) is 13.7. The van der Waals surface area contributed by atoms with Crippen LogP contribution in [0.4, 0.5) is 0 Å². The molecule has 1 aliphatic heterocycles. The van der Waals surface area contributed by atoms with E-state index in [1.165, 1.54) is 12.1 Å². The van der Waals surface area contributed by atoms with Crippen molar-refractivity contribution in [2.45, 2.75) is 19.8 Å². The van der Waals surface area contributed by atoms with Gasteiger partial charge in [0.15, 0.2) is 5.69 Å². The summed E-state index contributed by atoms with van der Waals surface area (Å²) in [7, 11) is 0. The molecule has 10 heteroatoms. The molecule has 134 valence electrons. The van der Waals surface area contributed by atoms with E-state index in [2.05, 4.69) is 15.4 Å². The highest BCUT2D eigenvalue weighted by atomic mass is 16.7. The topological polar surface area (TPSA) is 132 Å². The number of carbonyl (C=O) groups is 4. The second-order valence-electron chi connectivity index (χ2n) is 5.28. The van der Waals surface area contributed by atoms with Gasteiger partial charge in [-0.3, -0.25) is 9.59 Å². The lowest BCUT2D eigenvalue weighted by molar-refractivity contribution is -0.172. The van der Waals surface area contributed by atoms with Gasteiger partial charge < -0.3 is 9.57 Å². The van der Waals surface area contributed by atoms with Crippen molar-refractivity contribution < 1.29 is 28.8 Å². The molecule has 0 radical (unpaired) electrons. The first kappa shape index (κ1) is 17.3. The van der Waals surface area contributed by atoms with Gasteiger partial charge in [0.05, 0.1) is 12.2 Å².